The van der Waals surface area contributed by atoms with Crippen molar-refractivity contribution in [2.75, 3.05) is 27.2 Å². The minimum Gasteiger partial charge on any atom is -0.507 e. The van der Waals surface area contributed by atoms with E-state index in [9.17, 15) is 14.3 Å². The molecular weight excluding hydrogens is 293 g/mol. The fourth-order valence-corrected chi connectivity index (χ4v) is 2.48. The van der Waals surface area contributed by atoms with Gasteiger partial charge < -0.3 is 15.3 Å². The number of benzene rings is 1. The fraction of sp³-hybridized carbons (Fsp3) is 0.286. The summed E-state index contributed by atoms with van der Waals surface area (Å²) in [5.74, 6) is -0.942. The molecule has 1 amide bonds. The Kier molecular flexibility index (Phi) is 4.98. The zero-order chi connectivity index (χ0) is 15.4. The van der Waals surface area contributed by atoms with Crippen LogP contribution in [0, 0.1) is 5.82 Å². The maximum Gasteiger partial charge on any atom is 0.286 e. The smallest absolute Gasteiger partial charge is 0.286 e. The number of aromatic hydroxyl groups is 1. The predicted molar refractivity (Wildman–Crippen MR) is 82.6 cm³/mol. The molecular formula is C14H16FN3O2S. The molecule has 0 aromatic heterocycles. The standard InChI is InChI=1S/C14H16FN3O2S/c1-18(2)6-5-16-14-17-13(20)12(21-14)8-9-7-10(15)3-4-11(9)19/h3-4,7-8,19H,5-6H2,1-2H3,(H,16,17,20). The topological polar surface area (TPSA) is 64.9 Å². The van der Waals surface area contributed by atoms with Gasteiger partial charge in [-0.3, -0.25) is 4.79 Å². The Morgan fingerprint density at radius 2 is 2.24 bits per heavy atom. The summed E-state index contributed by atoms with van der Waals surface area (Å²) in [4.78, 5) is 18.0. The maximum absolute atomic E-state index is 13.2. The monoisotopic (exact) mass is 309 g/mol. The molecule has 21 heavy (non-hydrogen) atoms. The van der Waals surface area contributed by atoms with Crippen molar-refractivity contribution in [1.82, 2.24) is 10.2 Å². The number of carbonyl (C=O) groups is 1. The largest absolute Gasteiger partial charge is 0.507 e. The molecule has 0 unspecified atom stereocenters. The predicted octanol–water partition coefficient (Wildman–Crippen LogP) is 1.65. The van der Waals surface area contributed by atoms with Gasteiger partial charge in [-0.15, -0.1) is 0 Å². The molecule has 7 heteroatoms. The van der Waals surface area contributed by atoms with E-state index in [1.54, 1.807) is 0 Å². The van der Waals surface area contributed by atoms with Crippen molar-refractivity contribution in [2.24, 2.45) is 4.99 Å². The van der Waals surface area contributed by atoms with E-state index in [1.165, 1.54) is 30.0 Å². The molecule has 0 aliphatic carbocycles. The number of hydrogen-bond donors (Lipinski definition) is 2. The first-order valence-electron chi connectivity index (χ1n) is 6.35. The van der Waals surface area contributed by atoms with E-state index >= 15 is 0 Å². The molecule has 1 aliphatic heterocycles. The highest BCUT2D eigenvalue weighted by molar-refractivity contribution is 8.18. The summed E-state index contributed by atoms with van der Waals surface area (Å²) in [5.41, 5.74) is 0.260. The van der Waals surface area contributed by atoms with Crippen molar-refractivity contribution < 1.29 is 14.3 Å². The molecule has 1 aliphatic rings. The van der Waals surface area contributed by atoms with Gasteiger partial charge in [0, 0.05) is 18.7 Å². The van der Waals surface area contributed by atoms with Crippen LogP contribution in [0.25, 0.3) is 6.08 Å². The van der Waals surface area contributed by atoms with Crippen LogP contribution in [0.4, 0.5) is 4.39 Å². The number of aliphatic imine (C=N–C) groups is 1. The lowest BCUT2D eigenvalue weighted by Gasteiger charge is -2.10. The van der Waals surface area contributed by atoms with Crippen LogP contribution in [0.5, 0.6) is 5.75 Å². The number of phenolic OH excluding ortho intramolecular Hbond substituents is 1. The molecule has 2 rings (SSSR count). The van der Waals surface area contributed by atoms with Crippen LogP contribution >= 0.6 is 11.8 Å². The third-order valence-corrected chi connectivity index (χ3v) is 3.67. The van der Waals surface area contributed by atoms with E-state index in [2.05, 4.69) is 10.3 Å². The summed E-state index contributed by atoms with van der Waals surface area (Å²) < 4.78 is 13.2. The molecule has 0 atom stereocenters. The molecule has 1 heterocycles. The van der Waals surface area contributed by atoms with Crippen LogP contribution in [0.2, 0.25) is 0 Å². The number of nitrogens with zero attached hydrogens (tertiary/aromatic N) is 2. The zero-order valence-electron chi connectivity index (χ0n) is 11.8. The lowest BCUT2D eigenvalue weighted by Crippen LogP contribution is -2.29. The number of carbonyl (C=O) groups excluding carboxylic acids is 1. The van der Waals surface area contributed by atoms with Gasteiger partial charge in [0.05, 0.1) is 4.91 Å². The second-order valence-corrected chi connectivity index (χ2v) is 5.80. The molecule has 1 aromatic carbocycles. The Morgan fingerprint density at radius 1 is 1.48 bits per heavy atom. The Balaban J connectivity index is 2.05. The van der Waals surface area contributed by atoms with Crippen LogP contribution in [-0.2, 0) is 4.79 Å². The average molecular weight is 309 g/mol. The second-order valence-electron chi connectivity index (χ2n) is 4.77. The third-order valence-electron chi connectivity index (χ3n) is 2.73. The summed E-state index contributed by atoms with van der Waals surface area (Å²) in [7, 11) is 3.91. The van der Waals surface area contributed by atoms with Crippen molar-refractivity contribution in [2.45, 2.75) is 0 Å². The maximum atomic E-state index is 13.2. The number of hydrogen-bond acceptors (Lipinski definition) is 5. The van der Waals surface area contributed by atoms with Crippen molar-refractivity contribution in [3.05, 3.63) is 34.5 Å². The third kappa shape index (κ3) is 4.30. The van der Waals surface area contributed by atoms with Crippen molar-refractivity contribution in [1.29, 1.82) is 0 Å². The molecule has 112 valence electrons. The van der Waals surface area contributed by atoms with E-state index in [0.717, 1.165) is 12.6 Å². The molecule has 2 N–H and O–H groups in total. The molecule has 0 radical (unpaired) electrons. The lowest BCUT2D eigenvalue weighted by molar-refractivity contribution is -0.113. The minimum atomic E-state index is -0.472. The molecule has 0 saturated carbocycles. The van der Waals surface area contributed by atoms with Crippen molar-refractivity contribution in [3.8, 4) is 5.75 Å². The highest BCUT2D eigenvalue weighted by Crippen LogP contribution is 2.30. The van der Waals surface area contributed by atoms with Crippen LogP contribution < -0.4 is 5.32 Å². The summed E-state index contributed by atoms with van der Waals surface area (Å²) in [5, 5.41) is 13.2. The molecule has 0 fully saturated rings. The van der Waals surface area contributed by atoms with Gasteiger partial charge in [0.25, 0.3) is 5.91 Å². The van der Waals surface area contributed by atoms with Crippen molar-refractivity contribution >= 4 is 28.9 Å². The normalized spacial score (nSPS) is 16.7. The Hall–Kier alpha value is -1.86. The van der Waals surface area contributed by atoms with Gasteiger partial charge in [0.15, 0.2) is 5.17 Å². The number of halogens is 1. The number of thioether (sulfide) groups is 1. The van der Waals surface area contributed by atoms with Crippen LogP contribution in [0.3, 0.4) is 0 Å². The van der Waals surface area contributed by atoms with Gasteiger partial charge in [0.2, 0.25) is 0 Å². The number of nitrogens with one attached hydrogen (secondary N) is 1. The van der Waals surface area contributed by atoms with E-state index < -0.39 is 11.7 Å². The van der Waals surface area contributed by atoms with Gasteiger partial charge in [-0.25, -0.2) is 4.39 Å². The second kappa shape index (κ2) is 6.73. The first-order chi connectivity index (χ1) is 9.95. The van der Waals surface area contributed by atoms with Gasteiger partial charge in [-0.1, -0.05) is 0 Å². The van der Waals surface area contributed by atoms with Crippen LogP contribution in [0.15, 0.2) is 28.1 Å². The number of rotatable bonds is 4. The van der Waals surface area contributed by atoms with E-state index in [-0.39, 0.29) is 11.3 Å². The van der Waals surface area contributed by atoms with Gasteiger partial charge in [-0.05, 0) is 50.1 Å². The zero-order valence-corrected chi connectivity index (χ0v) is 12.6. The van der Waals surface area contributed by atoms with E-state index in [1.807, 2.05) is 19.0 Å². The first-order valence-corrected chi connectivity index (χ1v) is 7.17. The Labute approximate surface area is 126 Å². The van der Waals surface area contributed by atoms with E-state index in [4.69, 9.17) is 0 Å². The van der Waals surface area contributed by atoms with Gasteiger partial charge >= 0.3 is 0 Å². The summed E-state index contributed by atoms with van der Waals surface area (Å²) in [6, 6.07) is 3.59. The van der Waals surface area contributed by atoms with Crippen molar-refractivity contribution in [3.63, 3.8) is 0 Å². The lowest BCUT2D eigenvalue weighted by atomic mass is 10.2. The van der Waals surface area contributed by atoms with Crippen LogP contribution in [-0.4, -0.2) is 48.3 Å². The SMILES string of the molecule is CN(C)CCNC1=NC(=O)C(=Cc2cc(F)ccc2O)S1. The quantitative estimate of drug-likeness (QED) is 0.828. The van der Waals surface area contributed by atoms with Gasteiger partial charge in [-0.2, -0.15) is 4.99 Å². The van der Waals surface area contributed by atoms with Gasteiger partial charge in [0.1, 0.15) is 11.6 Å². The molecule has 0 bridgehead atoms. The summed E-state index contributed by atoms with van der Waals surface area (Å²) >= 11 is 1.18. The van der Waals surface area contributed by atoms with E-state index in [0.29, 0.717) is 16.6 Å². The first kappa shape index (κ1) is 15.5. The van der Waals surface area contributed by atoms with Crippen LogP contribution in [0.1, 0.15) is 5.56 Å². The Bertz CT molecular complexity index is 614. The summed E-state index contributed by atoms with van der Waals surface area (Å²) in [6.07, 6.45) is 1.44. The number of phenols is 1. The highest BCUT2D eigenvalue weighted by atomic mass is 32.2. The Morgan fingerprint density at radius 3 is 2.95 bits per heavy atom. The molecule has 0 spiro atoms. The number of likely N-dealkylation sites (N-methyl/N-ethyl adjacent to an activating group) is 1. The number of amidine groups is 1. The number of amides is 1. The summed E-state index contributed by atoms with van der Waals surface area (Å²) in [6.45, 7) is 1.49. The minimum absolute atomic E-state index is 0.0775. The molecule has 0 saturated heterocycles. The highest BCUT2D eigenvalue weighted by Gasteiger charge is 2.22. The molecule has 5 nitrogen and oxygen atoms in total. The molecule has 1 aromatic rings. The average Bonchev–Trinajstić information content (AvgIpc) is 2.74. The fourth-order valence-electron chi connectivity index (χ4n) is 1.65.